The van der Waals surface area contributed by atoms with E-state index >= 15 is 0 Å². The number of rotatable bonds is 7. The maximum Gasteiger partial charge on any atom is 0.318 e. The molecule has 1 aliphatic carbocycles. The number of nitrogens with zero attached hydrogens (tertiary/aromatic N) is 2. The molecular formula is C29H41FN4O4. The molecule has 3 atom stereocenters. The number of fused-ring (bicyclic) bond motifs is 2. The highest BCUT2D eigenvalue weighted by Crippen LogP contribution is 2.47. The van der Waals surface area contributed by atoms with Crippen LogP contribution in [0.4, 0.5) is 9.18 Å². The van der Waals surface area contributed by atoms with E-state index in [1.807, 2.05) is 11.8 Å². The van der Waals surface area contributed by atoms with Gasteiger partial charge in [0.05, 0.1) is 12.0 Å². The molecule has 3 saturated heterocycles. The molecule has 5 rings (SSSR count). The van der Waals surface area contributed by atoms with Gasteiger partial charge in [-0.25, -0.2) is 9.18 Å². The first-order chi connectivity index (χ1) is 18.4. The standard InChI is InChI=1S/C29H41FN4O4/c1-2-38-27(36)29(21-6-4-3-5-7-21)12-14-33(15-13-29)26(35)25(16-20-8-10-22(30)11-9-20)32-28(37)34-19-23-17-24(34)18-31-23/h8-11,21,23-25,31H,2-7,12-19H2,1H3,(H,32,37)/t23?,24?,25-/m1/s1. The quantitative estimate of drug-likeness (QED) is 0.531. The number of urea groups is 1. The molecule has 208 valence electrons. The van der Waals surface area contributed by atoms with Crippen LogP contribution in [0.2, 0.25) is 0 Å². The van der Waals surface area contributed by atoms with Gasteiger partial charge in [-0.1, -0.05) is 31.4 Å². The fourth-order valence-corrected chi connectivity index (χ4v) is 7.15. The van der Waals surface area contributed by atoms with Crippen LogP contribution in [0.1, 0.15) is 63.9 Å². The van der Waals surface area contributed by atoms with Crippen LogP contribution in [0.5, 0.6) is 0 Å². The van der Waals surface area contributed by atoms with Gasteiger partial charge >= 0.3 is 12.0 Å². The summed E-state index contributed by atoms with van der Waals surface area (Å²) in [7, 11) is 0. The molecule has 1 aromatic carbocycles. The molecule has 9 heteroatoms. The Morgan fingerprint density at radius 1 is 1.13 bits per heavy atom. The Bertz CT molecular complexity index is 1000. The van der Waals surface area contributed by atoms with Crippen molar-refractivity contribution in [1.82, 2.24) is 20.4 Å². The Kier molecular flexibility index (Phi) is 8.21. The molecule has 8 nitrogen and oxygen atoms in total. The van der Waals surface area contributed by atoms with Crippen LogP contribution in [0, 0.1) is 17.2 Å². The largest absolute Gasteiger partial charge is 0.466 e. The lowest BCUT2D eigenvalue weighted by Crippen LogP contribution is -2.58. The lowest BCUT2D eigenvalue weighted by Gasteiger charge is -2.46. The van der Waals surface area contributed by atoms with Crippen molar-refractivity contribution in [2.75, 3.05) is 32.8 Å². The minimum Gasteiger partial charge on any atom is -0.466 e. The zero-order valence-corrected chi connectivity index (χ0v) is 22.4. The average molecular weight is 529 g/mol. The van der Waals surface area contributed by atoms with Gasteiger partial charge in [-0.15, -0.1) is 0 Å². The second kappa shape index (κ2) is 11.6. The van der Waals surface area contributed by atoms with Gasteiger partial charge in [0.1, 0.15) is 11.9 Å². The predicted molar refractivity (Wildman–Crippen MR) is 141 cm³/mol. The Labute approximate surface area is 224 Å². The van der Waals surface area contributed by atoms with Crippen LogP contribution in [-0.2, 0) is 20.7 Å². The van der Waals surface area contributed by atoms with E-state index in [-0.39, 0.29) is 36.2 Å². The summed E-state index contributed by atoms with van der Waals surface area (Å²) < 4.78 is 19.1. The first-order valence-electron chi connectivity index (χ1n) is 14.4. The molecule has 0 aromatic heterocycles. The van der Waals surface area contributed by atoms with Crippen molar-refractivity contribution < 1.29 is 23.5 Å². The number of piperazine rings is 1. The Morgan fingerprint density at radius 3 is 2.45 bits per heavy atom. The van der Waals surface area contributed by atoms with Crippen LogP contribution in [-0.4, -0.2) is 78.6 Å². The van der Waals surface area contributed by atoms with Crippen molar-refractivity contribution >= 4 is 17.9 Å². The zero-order valence-electron chi connectivity index (χ0n) is 22.4. The highest BCUT2D eigenvalue weighted by Gasteiger charge is 2.50. The number of nitrogens with one attached hydrogen (secondary N) is 2. The van der Waals surface area contributed by atoms with Gasteiger partial charge in [0.15, 0.2) is 0 Å². The number of amides is 3. The smallest absolute Gasteiger partial charge is 0.318 e. The van der Waals surface area contributed by atoms with Crippen LogP contribution in [0.25, 0.3) is 0 Å². The van der Waals surface area contributed by atoms with E-state index in [1.54, 1.807) is 17.0 Å². The number of hydrogen-bond acceptors (Lipinski definition) is 5. The summed E-state index contributed by atoms with van der Waals surface area (Å²) in [6.07, 6.45) is 7.93. The highest BCUT2D eigenvalue weighted by atomic mass is 19.1. The van der Waals surface area contributed by atoms with Crippen molar-refractivity contribution in [2.24, 2.45) is 11.3 Å². The molecule has 38 heavy (non-hydrogen) atoms. The number of carbonyl (C=O) groups is 3. The minimum atomic E-state index is -0.759. The molecule has 3 amide bonds. The van der Waals surface area contributed by atoms with E-state index < -0.39 is 11.5 Å². The molecule has 1 aromatic rings. The van der Waals surface area contributed by atoms with Gasteiger partial charge in [0, 0.05) is 44.7 Å². The summed E-state index contributed by atoms with van der Waals surface area (Å²) >= 11 is 0. The molecule has 2 unspecified atom stereocenters. The van der Waals surface area contributed by atoms with Crippen molar-refractivity contribution in [3.05, 3.63) is 35.6 Å². The van der Waals surface area contributed by atoms with Crippen LogP contribution in [0.3, 0.4) is 0 Å². The summed E-state index contributed by atoms with van der Waals surface area (Å²) in [5.41, 5.74) is 0.250. The number of halogens is 1. The first-order valence-corrected chi connectivity index (χ1v) is 14.4. The summed E-state index contributed by atoms with van der Waals surface area (Å²) in [5, 5.41) is 6.41. The number of hydrogen-bond donors (Lipinski definition) is 2. The Balaban J connectivity index is 1.30. The topological polar surface area (TPSA) is 91.0 Å². The number of esters is 1. The second-order valence-electron chi connectivity index (χ2n) is 11.5. The van der Waals surface area contributed by atoms with E-state index in [1.165, 1.54) is 18.6 Å². The molecule has 2 N–H and O–H groups in total. The maximum atomic E-state index is 13.9. The molecule has 3 heterocycles. The fraction of sp³-hybridized carbons (Fsp3) is 0.690. The number of carbonyl (C=O) groups excluding carboxylic acids is 3. The molecule has 0 spiro atoms. The van der Waals surface area contributed by atoms with Crippen molar-refractivity contribution in [3.63, 3.8) is 0 Å². The van der Waals surface area contributed by atoms with E-state index in [0.717, 1.165) is 44.2 Å². The lowest BCUT2D eigenvalue weighted by atomic mass is 9.63. The predicted octanol–water partition coefficient (Wildman–Crippen LogP) is 3.24. The van der Waals surface area contributed by atoms with Crippen molar-refractivity contribution in [1.29, 1.82) is 0 Å². The molecular weight excluding hydrogens is 487 g/mol. The molecule has 4 aliphatic rings. The number of benzene rings is 1. The third-order valence-corrected chi connectivity index (χ3v) is 9.30. The zero-order chi connectivity index (χ0) is 26.7. The number of likely N-dealkylation sites (tertiary alicyclic amines) is 2. The Hall–Kier alpha value is -2.68. The summed E-state index contributed by atoms with van der Waals surface area (Å²) in [4.78, 5) is 44.0. The van der Waals surface area contributed by atoms with Gasteiger partial charge in [0.2, 0.25) is 5.91 Å². The van der Waals surface area contributed by atoms with E-state index in [9.17, 15) is 18.8 Å². The average Bonchev–Trinajstić information content (AvgIpc) is 3.58. The minimum absolute atomic E-state index is 0.118. The first kappa shape index (κ1) is 26.9. The third-order valence-electron chi connectivity index (χ3n) is 9.30. The number of piperidine rings is 1. The lowest BCUT2D eigenvalue weighted by molar-refractivity contribution is -0.166. The van der Waals surface area contributed by atoms with Gasteiger partial charge in [-0.3, -0.25) is 9.59 Å². The molecule has 1 saturated carbocycles. The second-order valence-corrected chi connectivity index (χ2v) is 11.5. The molecule has 0 radical (unpaired) electrons. The molecule has 3 aliphatic heterocycles. The molecule has 4 fully saturated rings. The van der Waals surface area contributed by atoms with Crippen molar-refractivity contribution in [2.45, 2.75) is 82.8 Å². The Morgan fingerprint density at radius 2 is 1.84 bits per heavy atom. The third kappa shape index (κ3) is 5.53. The van der Waals surface area contributed by atoms with E-state index in [0.29, 0.717) is 51.0 Å². The van der Waals surface area contributed by atoms with Crippen LogP contribution < -0.4 is 10.6 Å². The molecule has 2 bridgehead atoms. The van der Waals surface area contributed by atoms with Gasteiger partial charge in [-0.2, -0.15) is 0 Å². The summed E-state index contributed by atoms with van der Waals surface area (Å²) in [6.45, 7) is 4.54. The fourth-order valence-electron chi connectivity index (χ4n) is 7.15. The maximum absolute atomic E-state index is 13.9. The SMILES string of the molecule is CCOC(=O)C1(C2CCCCC2)CCN(C(=O)[C@@H](Cc2ccc(F)cc2)NC(=O)N2CC3CC2CN3)CC1. The summed E-state index contributed by atoms with van der Waals surface area (Å²) in [5.74, 6) is -0.309. The number of ether oxygens (including phenoxy) is 1. The van der Waals surface area contributed by atoms with Gasteiger partial charge < -0.3 is 25.2 Å². The monoisotopic (exact) mass is 528 g/mol. The van der Waals surface area contributed by atoms with Crippen LogP contribution in [0.15, 0.2) is 24.3 Å². The normalized spacial score (nSPS) is 25.7. The summed E-state index contributed by atoms with van der Waals surface area (Å²) in [6, 6.07) is 5.56. The van der Waals surface area contributed by atoms with Crippen LogP contribution >= 0.6 is 0 Å². The van der Waals surface area contributed by atoms with Crippen molar-refractivity contribution in [3.8, 4) is 0 Å². The van der Waals surface area contributed by atoms with Gasteiger partial charge in [0.25, 0.3) is 0 Å². The van der Waals surface area contributed by atoms with E-state index in [2.05, 4.69) is 10.6 Å². The van der Waals surface area contributed by atoms with Gasteiger partial charge in [-0.05, 0) is 62.6 Å². The highest BCUT2D eigenvalue weighted by molar-refractivity contribution is 5.88. The van der Waals surface area contributed by atoms with E-state index in [4.69, 9.17) is 4.74 Å².